The molecule has 18 heavy (non-hydrogen) atoms. The van der Waals surface area contributed by atoms with Crippen molar-refractivity contribution in [3.63, 3.8) is 0 Å². The molecule has 1 heterocycles. The maximum Gasteiger partial charge on any atom is 0.131 e. The van der Waals surface area contributed by atoms with Gasteiger partial charge < -0.3 is 9.84 Å². The number of benzene rings is 2. The third-order valence-corrected chi connectivity index (χ3v) is 3.54. The Morgan fingerprint density at radius 2 is 1.83 bits per heavy atom. The number of hydrogen-bond donors (Lipinski definition) is 1. The van der Waals surface area contributed by atoms with E-state index in [0.29, 0.717) is 0 Å². The molecule has 0 amide bonds. The zero-order chi connectivity index (χ0) is 12.9. The second-order valence-electron chi connectivity index (χ2n) is 4.99. The first-order valence-corrected chi connectivity index (χ1v) is 6.17. The molecule has 1 aliphatic rings. The molecule has 1 N–H and O–H groups in total. The number of aryl methyl sites for hydroxylation is 2. The minimum absolute atomic E-state index is 0.0227. The first kappa shape index (κ1) is 11.1. The monoisotopic (exact) mass is 240 g/mol. The number of hydrogen-bond acceptors (Lipinski definition) is 2. The van der Waals surface area contributed by atoms with Gasteiger partial charge in [0, 0.05) is 17.2 Å². The van der Waals surface area contributed by atoms with Gasteiger partial charge in [0.05, 0.1) is 0 Å². The van der Waals surface area contributed by atoms with Crippen molar-refractivity contribution < 1.29 is 9.84 Å². The van der Waals surface area contributed by atoms with Crippen LogP contribution in [0.5, 0.6) is 11.5 Å². The van der Waals surface area contributed by atoms with Crippen LogP contribution in [0, 0.1) is 13.8 Å². The lowest BCUT2D eigenvalue weighted by atomic mass is 9.91. The summed E-state index contributed by atoms with van der Waals surface area (Å²) in [7, 11) is 0. The van der Waals surface area contributed by atoms with E-state index in [1.165, 1.54) is 16.7 Å². The number of fused-ring (bicyclic) bond motifs is 3. The third kappa shape index (κ3) is 1.57. The summed E-state index contributed by atoms with van der Waals surface area (Å²) in [5, 5.41) is 9.77. The summed E-state index contributed by atoms with van der Waals surface area (Å²) in [6.45, 7) is 6.03. The Balaban J connectivity index is 2.28. The number of phenolic OH excluding ortho intramolecular Hbond substituents is 1. The maximum atomic E-state index is 9.77. The standard InChI is InChI=1S/C16H16O2/c1-9-4-5-12-13(6-9)11(3)18-16-8-15(17)10(2)7-14(12)16/h4-8,11,17H,1-3H3. The van der Waals surface area contributed by atoms with E-state index < -0.39 is 0 Å². The van der Waals surface area contributed by atoms with Gasteiger partial charge in [-0.3, -0.25) is 0 Å². The summed E-state index contributed by atoms with van der Waals surface area (Å²) in [5.41, 5.74) is 5.60. The van der Waals surface area contributed by atoms with Gasteiger partial charge in [0.15, 0.2) is 0 Å². The van der Waals surface area contributed by atoms with E-state index >= 15 is 0 Å². The van der Waals surface area contributed by atoms with E-state index in [4.69, 9.17) is 4.74 Å². The van der Waals surface area contributed by atoms with Crippen molar-refractivity contribution in [3.05, 3.63) is 47.0 Å². The van der Waals surface area contributed by atoms with Gasteiger partial charge >= 0.3 is 0 Å². The lowest BCUT2D eigenvalue weighted by Gasteiger charge is -2.27. The Labute approximate surface area is 107 Å². The molecule has 0 aromatic heterocycles. The Morgan fingerprint density at radius 1 is 1.06 bits per heavy atom. The number of ether oxygens (including phenoxy) is 1. The van der Waals surface area contributed by atoms with Crippen LogP contribution < -0.4 is 4.74 Å². The lowest BCUT2D eigenvalue weighted by Crippen LogP contribution is -2.11. The van der Waals surface area contributed by atoms with Gasteiger partial charge in [-0.15, -0.1) is 0 Å². The minimum Gasteiger partial charge on any atom is -0.508 e. The van der Waals surface area contributed by atoms with Crippen molar-refractivity contribution in [1.29, 1.82) is 0 Å². The van der Waals surface area contributed by atoms with Gasteiger partial charge in [0.2, 0.25) is 0 Å². The molecule has 0 spiro atoms. The Morgan fingerprint density at radius 3 is 2.61 bits per heavy atom. The number of rotatable bonds is 0. The molecule has 0 fully saturated rings. The van der Waals surface area contributed by atoms with E-state index in [9.17, 15) is 5.11 Å². The van der Waals surface area contributed by atoms with Crippen LogP contribution in [-0.4, -0.2) is 5.11 Å². The molecule has 2 aromatic rings. The maximum absolute atomic E-state index is 9.77. The van der Waals surface area contributed by atoms with E-state index in [0.717, 1.165) is 16.9 Å². The molecule has 1 atom stereocenters. The molecule has 2 aromatic carbocycles. The van der Waals surface area contributed by atoms with Gasteiger partial charge in [-0.25, -0.2) is 0 Å². The molecule has 0 saturated carbocycles. The van der Waals surface area contributed by atoms with Crippen LogP contribution in [0.25, 0.3) is 11.1 Å². The lowest BCUT2D eigenvalue weighted by molar-refractivity contribution is 0.222. The Kier molecular flexibility index (Phi) is 2.34. The van der Waals surface area contributed by atoms with Crippen LogP contribution in [0.4, 0.5) is 0 Å². The summed E-state index contributed by atoms with van der Waals surface area (Å²) in [6, 6.07) is 10.1. The predicted octanol–water partition coefficient (Wildman–Crippen LogP) is 4.13. The van der Waals surface area contributed by atoms with E-state index in [-0.39, 0.29) is 11.9 Å². The quantitative estimate of drug-likeness (QED) is 0.750. The molecule has 92 valence electrons. The summed E-state index contributed by atoms with van der Waals surface area (Å²) in [4.78, 5) is 0. The van der Waals surface area contributed by atoms with E-state index in [2.05, 4.69) is 25.1 Å². The highest BCUT2D eigenvalue weighted by Crippen LogP contribution is 2.44. The van der Waals surface area contributed by atoms with Gasteiger partial charge in [-0.2, -0.15) is 0 Å². The SMILES string of the molecule is Cc1ccc2c(c1)C(C)Oc1cc(O)c(C)cc1-2. The van der Waals surface area contributed by atoms with Crippen molar-refractivity contribution in [2.45, 2.75) is 26.9 Å². The first-order chi connectivity index (χ1) is 8.56. The topological polar surface area (TPSA) is 29.5 Å². The smallest absolute Gasteiger partial charge is 0.131 e. The molecule has 0 saturated heterocycles. The molecule has 0 aliphatic carbocycles. The fourth-order valence-electron chi connectivity index (χ4n) is 2.50. The summed E-state index contributed by atoms with van der Waals surface area (Å²) in [5.74, 6) is 1.05. The highest BCUT2D eigenvalue weighted by Gasteiger charge is 2.23. The van der Waals surface area contributed by atoms with Crippen LogP contribution in [-0.2, 0) is 0 Å². The van der Waals surface area contributed by atoms with Crippen LogP contribution in [0.2, 0.25) is 0 Å². The zero-order valence-corrected chi connectivity index (χ0v) is 10.8. The van der Waals surface area contributed by atoms with Gasteiger partial charge in [0.25, 0.3) is 0 Å². The van der Waals surface area contributed by atoms with E-state index in [1.54, 1.807) is 6.07 Å². The largest absolute Gasteiger partial charge is 0.508 e. The van der Waals surface area contributed by atoms with Crippen molar-refractivity contribution in [1.82, 2.24) is 0 Å². The predicted molar refractivity (Wildman–Crippen MR) is 72.1 cm³/mol. The normalized spacial score (nSPS) is 16.7. The molecule has 3 rings (SSSR count). The average Bonchev–Trinajstić information content (AvgIpc) is 2.32. The van der Waals surface area contributed by atoms with Gasteiger partial charge in [-0.1, -0.05) is 23.8 Å². The van der Waals surface area contributed by atoms with Crippen molar-refractivity contribution in [2.24, 2.45) is 0 Å². The highest BCUT2D eigenvalue weighted by atomic mass is 16.5. The molecule has 0 radical (unpaired) electrons. The molecule has 0 bridgehead atoms. The van der Waals surface area contributed by atoms with Gasteiger partial charge in [0.1, 0.15) is 17.6 Å². The minimum atomic E-state index is 0.0227. The van der Waals surface area contributed by atoms with Crippen LogP contribution in [0.3, 0.4) is 0 Å². The third-order valence-electron chi connectivity index (χ3n) is 3.54. The average molecular weight is 240 g/mol. The molecular formula is C16H16O2. The number of phenols is 1. The van der Waals surface area contributed by atoms with E-state index in [1.807, 2.05) is 19.9 Å². The number of aromatic hydroxyl groups is 1. The summed E-state index contributed by atoms with van der Waals surface area (Å²) in [6.07, 6.45) is 0.0227. The fraction of sp³-hybridized carbons (Fsp3) is 0.250. The van der Waals surface area contributed by atoms with Crippen LogP contribution in [0.15, 0.2) is 30.3 Å². The van der Waals surface area contributed by atoms with Crippen molar-refractivity contribution in [2.75, 3.05) is 0 Å². The summed E-state index contributed by atoms with van der Waals surface area (Å²) >= 11 is 0. The molecule has 1 unspecified atom stereocenters. The first-order valence-electron chi connectivity index (χ1n) is 6.17. The molecule has 1 aliphatic heterocycles. The summed E-state index contributed by atoms with van der Waals surface area (Å²) < 4.78 is 5.89. The Bertz CT molecular complexity index is 629. The van der Waals surface area contributed by atoms with Crippen LogP contribution in [0.1, 0.15) is 29.7 Å². The second-order valence-corrected chi connectivity index (χ2v) is 4.99. The van der Waals surface area contributed by atoms with Gasteiger partial charge in [-0.05, 0) is 38.0 Å². The molecule has 2 heteroatoms. The second kappa shape index (κ2) is 3.77. The van der Waals surface area contributed by atoms with Crippen molar-refractivity contribution in [3.8, 4) is 22.6 Å². The van der Waals surface area contributed by atoms with Crippen LogP contribution >= 0.6 is 0 Å². The molecular weight excluding hydrogens is 224 g/mol. The zero-order valence-electron chi connectivity index (χ0n) is 10.8. The highest BCUT2D eigenvalue weighted by molar-refractivity contribution is 5.77. The molecule has 2 nitrogen and oxygen atoms in total. The fourth-order valence-corrected chi connectivity index (χ4v) is 2.50. The van der Waals surface area contributed by atoms with Crippen molar-refractivity contribution >= 4 is 0 Å². The Hall–Kier alpha value is -1.96.